The third-order valence-corrected chi connectivity index (χ3v) is 6.70. The molecule has 2 aromatic carbocycles. The van der Waals surface area contributed by atoms with E-state index >= 15 is 0 Å². The van der Waals surface area contributed by atoms with Crippen molar-refractivity contribution in [3.05, 3.63) is 69.3 Å². The highest BCUT2D eigenvalue weighted by molar-refractivity contribution is 6.05. The van der Waals surface area contributed by atoms with Gasteiger partial charge in [0.15, 0.2) is 0 Å². The average Bonchev–Trinajstić information content (AvgIpc) is 3.19. The Kier molecular flexibility index (Phi) is 6.57. The number of aryl methyl sites for hydroxylation is 2. The molecular formula is C25H27ClFN5O3. The van der Waals surface area contributed by atoms with E-state index in [9.17, 15) is 19.1 Å². The van der Waals surface area contributed by atoms with E-state index in [4.69, 9.17) is 10.7 Å². The quantitative estimate of drug-likeness (QED) is 0.445. The first kappa shape index (κ1) is 24.7. The van der Waals surface area contributed by atoms with Gasteiger partial charge >= 0.3 is 5.97 Å². The van der Waals surface area contributed by atoms with Crippen molar-refractivity contribution in [2.45, 2.75) is 32.4 Å². The number of nitrogens with zero attached hydrogens (tertiary/aromatic N) is 4. The van der Waals surface area contributed by atoms with Gasteiger partial charge in [0.2, 0.25) is 5.95 Å². The van der Waals surface area contributed by atoms with Crippen LogP contribution in [-0.4, -0.2) is 44.3 Å². The number of halogens is 2. The average molecular weight is 500 g/mol. The Morgan fingerprint density at radius 2 is 2.03 bits per heavy atom. The number of piperidine rings is 1. The van der Waals surface area contributed by atoms with Crippen LogP contribution < -0.4 is 16.2 Å². The molecule has 0 bridgehead atoms. The maximum Gasteiger partial charge on any atom is 0.335 e. The summed E-state index contributed by atoms with van der Waals surface area (Å²) in [4.78, 5) is 32.1. The number of nitrogens with two attached hydrogens (primary N) is 1. The Bertz CT molecular complexity index is 1510. The molecule has 4 aromatic rings. The maximum atomic E-state index is 14.1. The number of fused-ring (bicyclic) bond motifs is 3. The fourth-order valence-corrected chi connectivity index (χ4v) is 4.82. The molecule has 1 aliphatic rings. The van der Waals surface area contributed by atoms with Crippen LogP contribution >= 0.6 is 12.4 Å². The van der Waals surface area contributed by atoms with Gasteiger partial charge in [-0.25, -0.2) is 14.2 Å². The number of hydrogen-bond donors (Lipinski definition) is 2. The monoisotopic (exact) mass is 499 g/mol. The number of pyridine rings is 1. The highest BCUT2D eigenvalue weighted by Gasteiger charge is 2.26. The molecule has 0 saturated carbocycles. The van der Waals surface area contributed by atoms with Crippen molar-refractivity contribution >= 4 is 46.3 Å². The van der Waals surface area contributed by atoms with E-state index in [0.717, 1.165) is 30.5 Å². The highest BCUT2D eigenvalue weighted by Crippen LogP contribution is 2.30. The van der Waals surface area contributed by atoms with Crippen molar-refractivity contribution < 1.29 is 14.3 Å². The normalized spacial score (nSPS) is 16.0. The van der Waals surface area contributed by atoms with Gasteiger partial charge in [-0.05, 0) is 61.2 Å². The standard InChI is InChI=1S/C25H26FN5O3.ClH/c1-14-5-7-17(26)10-16(14)12-31-22-21(28-25(31)30-9-3-4-18(27)13-30)19-8-6-15(24(33)34)11-20(19)29(2)23(22)32;/h5-8,10-11,18H,3-4,9,12-13,27H2,1-2H3,(H,33,34);1H/t18-;/m1./s1. The van der Waals surface area contributed by atoms with Crippen LogP contribution in [0.2, 0.25) is 0 Å². The van der Waals surface area contributed by atoms with Gasteiger partial charge in [0.25, 0.3) is 5.56 Å². The van der Waals surface area contributed by atoms with E-state index in [1.165, 1.54) is 28.8 Å². The second kappa shape index (κ2) is 9.31. The van der Waals surface area contributed by atoms with E-state index in [-0.39, 0.29) is 41.9 Å². The van der Waals surface area contributed by atoms with Crippen molar-refractivity contribution in [1.29, 1.82) is 0 Å². The molecule has 0 aliphatic carbocycles. The van der Waals surface area contributed by atoms with Gasteiger partial charge in [-0.2, -0.15) is 0 Å². The Hall–Kier alpha value is -3.43. The minimum Gasteiger partial charge on any atom is -0.478 e. The molecule has 3 N–H and O–H groups in total. The highest BCUT2D eigenvalue weighted by atomic mass is 35.5. The molecule has 0 amide bonds. The van der Waals surface area contributed by atoms with Crippen LogP contribution in [0.15, 0.2) is 41.2 Å². The fourth-order valence-electron chi connectivity index (χ4n) is 4.82. The number of anilines is 1. The van der Waals surface area contributed by atoms with Crippen molar-refractivity contribution in [3.63, 3.8) is 0 Å². The molecule has 10 heteroatoms. The van der Waals surface area contributed by atoms with E-state index in [2.05, 4.69) is 4.90 Å². The minimum absolute atomic E-state index is 0. The third kappa shape index (κ3) is 4.26. The zero-order valence-corrected chi connectivity index (χ0v) is 20.3. The SMILES string of the molecule is Cc1ccc(F)cc1Cn1c(N2CCC[C@@H](N)C2)nc2c3ccc(C(=O)O)cc3n(C)c(=O)c21.Cl. The molecule has 1 atom stereocenters. The summed E-state index contributed by atoms with van der Waals surface area (Å²) in [5.74, 6) is -0.795. The van der Waals surface area contributed by atoms with Crippen molar-refractivity contribution in [3.8, 4) is 0 Å². The lowest BCUT2D eigenvalue weighted by Crippen LogP contribution is -2.44. The van der Waals surface area contributed by atoms with Gasteiger partial charge in [-0.15, -0.1) is 12.4 Å². The minimum atomic E-state index is -1.07. The number of imidazole rings is 1. The molecule has 0 spiro atoms. The predicted octanol–water partition coefficient (Wildman–Crippen LogP) is 3.43. The fraction of sp³-hybridized carbons (Fsp3) is 0.320. The number of carboxylic acid groups (broad SMARTS) is 1. The molecule has 184 valence electrons. The summed E-state index contributed by atoms with van der Waals surface area (Å²) in [6.07, 6.45) is 1.83. The smallest absolute Gasteiger partial charge is 0.335 e. The van der Waals surface area contributed by atoms with Gasteiger partial charge < -0.3 is 24.9 Å². The van der Waals surface area contributed by atoms with Crippen LogP contribution in [-0.2, 0) is 13.6 Å². The summed E-state index contributed by atoms with van der Waals surface area (Å²) in [6.45, 7) is 3.54. The van der Waals surface area contributed by atoms with E-state index in [1.54, 1.807) is 19.2 Å². The Balaban J connectivity index is 0.00000289. The second-order valence-electron chi connectivity index (χ2n) is 9.02. The number of aromatic carboxylic acids is 1. The van der Waals surface area contributed by atoms with Crippen LogP contribution in [0.5, 0.6) is 0 Å². The Labute approximate surface area is 207 Å². The van der Waals surface area contributed by atoms with Gasteiger partial charge in [-0.1, -0.05) is 6.07 Å². The van der Waals surface area contributed by atoms with Crippen LogP contribution in [0.3, 0.4) is 0 Å². The van der Waals surface area contributed by atoms with Gasteiger partial charge in [-0.3, -0.25) is 4.79 Å². The molecule has 1 saturated heterocycles. The number of carbonyl (C=O) groups is 1. The summed E-state index contributed by atoms with van der Waals surface area (Å²) >= 11 is 0. The first-order chi connectivity index (χ1) is 16.2. The molecule has 1 aliphatic heterocycles. The summed E-state index contributed by atoms with van der Waals surface area (Å²) < 4.78 is 17.4. The van der Waals surface area contributed by atoms with Crippen molar-refractivity contribution in [1.82, 2.24) is 14.1 Å². The maximum absolute atomic E-state index is 14.1. The predicted molar refractivity (Wildman–Crippen MR) is 136 cm³/mol. The molecule has 2 aromatic heterocycles. The van der Waals surface area contributed by atoms with E-state index < -0.39 is 5.97 Å². The zero-order valence-electron chi connectivity index (χ0n) is 19.5. The lowest BCUT2D eigenvalue weighted by atomic mass is 10.1. The summed E-state index contributed by atoms with van der Waals surface area (Å²) in [5.41, 5.74) is 9.10. The molecule has 35 heavy (non-hydrogen) atoms. The molecule has 5 rings (SSSR count). The number of benzene rings is 2. The largest absolute Gasteiger partial charge is 0.478 e. The Morgan fingerprint density at radius 3 is 2.74 bits per heavy atom. The van der Waals surface area contributed by atoms with Crippen LogP contribution in [0.4, 0.5) is 10.3 Å². The lowest BCUT2D eigenvalue weighted by molar-refractivity contribution is 0.0697. The van der Waals surface area contributed by atoms with Crippen molar-refractivity contribution in [2.75, 3.05) is 18.0 Å². The van der Waals surface area contributed by atoms with Gasteiger partial charge in [0.1, 0.15) is 16.9 Å². The first-order valence-electron chi connectivity index (χ1n) is 11.3. The topological polar surface area (TPSA) is 106 Å². The molecule has 1 fully saturated rings. The Morgan fingerprint density at radius 1 is 1.26 bits per heavy atom. The number of rotatable bonds is 4. The molecular weight excluding hydrogens is 473 g/mol. The molecule has 3 heterocycles. The summed E-state index contributed by atoms with van der Waals surface area (Å²) in [7, 11) is 1.62. The van der Waals surface area contributed by atoms with Gasteiger partial charge in [0.05, 0.1) is 17.6 Å². The zero-order chi connectivity index (χ0) is 24.1. The number of carboxylic acids is 1. The van der Waals surface area contributed by atoms with E-state index in [0.29, 0.717) is 34.4 Å². The van der Waals surface area contributed by atoms with Crippen molar-refractivity contribution in [2.24, 2.45) is 12.8 Å². The second-order valence-corrected chi connectivity index (χ2v) is 9.02. The number of aromatic nitrogens is 3. The number of hydrogen-bond acceptors (Lipinski definition) is 5. The summed E-state index contributed by atoms with van der Waals surface area (Å²) in [5, 5.41) is 10.1. The molecule has 0 radical (unpaired) electrons. The molecule has 0 unspecified atom stereocenters. The first-order valence-corrected chi connectivity index (χ1v) is 11.3. The summed E-state index contributed by atoms with van der Waals surface area (Å²) in [6, 6.07) is 9.32. The molecule has 8 nitrogen and oxygen atoms in total. The van der Waals surface area contributed by atoms with Crippen LogP contribution in [0.1, 0.15) is 34.3 Å². The van der Waals surface area contributed by atoms with Gasteiger partial charge in [0, 0.05) is 31.6 Å². The van der Waals surface area contributed by atoms with Crippen LogP contribution in [0, 0.1) is 12.7 Å². The van der Waals surface area contributed by atoms with Crippen LogP contribution in [0.25, 0.3) is 21.9 Å². The lowest BCUT2D eigenvalue weighted by Gasteiger charge is -2.32. The third-order valence-electron chi connectivity index (χ3n) is 6.70. The van der Waals surface area contributed by atoms with E-state index in [1.807, 2.05) is 11.5 Å².